The van der Waals surface area contributed by atoms with Gasteiger partial charge in [0.1, 0.15) is 4.90 Å². The number of hydrogen-bond acceptors (Lipinski definition) is 4. The summed E-state index contributed by atoms with van der Waals surface area (Å²) >= 11 is 0. The number of aromatic nitrogens is 4. The first kappa shape index (κ1) is 17.2. The van der Waals surface area contributed by atoms with Crippen molar-refractivity contribution in [3.63, 3.8) is 0 Å². The lowest BCUT2D eigenvalue weighted by molar-refractivity contribution is 0.318. The molecule has 0 amide bonds. The third-order valence-electron chi connectivity index (χ3n) is 5.48. The standard InChI is InChI=1S/C18H23N5O2S/c1-13-10-16-4-7-19-23(16)12-17(13)15-5-8-22(9-6-15)26(24,25)18-11-20-21(3)14(18)2/h4,7,10-12,15H,5-6,8-9H2,1-3H3. The van der Waals surface area contributed by atoms with Gasteiger partial charge >= 0.3 is 0 Å². The van der Waals surface area contributed by atoms with Crippen LogP contribution in [0, 0.1) is 13.8 Å². The number of piperidine rings is 1. The fourth-order valence-corrected chi connectivity index (χ4v) is 5.45. The van der Waals surface area contributed by atoms with Crippen LogP contribution in [-0.2, 0) is 17.1 Å². The molecule has 0 aromatic carbocycles. The molecule has 0 N–H and O–H groups in total. The van der Waals surface area contributed by atoms with Crippen LogP contribution in [-0.4, -0.2) is 45.2 Å². The highest BCUT2D eigenvalue weighted by Crippen LogP contribution is 2.33. The van der Waals surface area contributed by atoms with Gasteiger partial charge in [-0.05, 0) is 55.9 Å². The largest absolute Gasteiger partial charge is 0.272 e. The molecule has 0 spiro atoms. The lowest BCUT2D eigenvalue weighted by Crippen LogP contribution is -2.38. The second kappa shape index (κ2) is 6.21. The summed E-state index contributed by atoms with van der Waals surface area (Å²) in [6.45, 7) is 4.95. The van der Waals surface area contributed by atoms with Crippen LogP contribution in [0.1, 0.15) is 35.6 Å². The topological polar surface area (TPSA) is 72.5 Å². The van der Waals surface area contributed by atoms with Gasteiger partial charge in [-0.1, -0.05) is 0 Å². The lowest BCUT2D eigenvalue weighted by Gasteiger charge is -2.32. The lowest BCUT2D eigenvalue weighted by atomic mass is 9.88. The van der Waals surface area contributed by atoms with Gasteiger partial charge in [-0.2, -0.15) is 14.5 Å². The molecule has 0 aliphatic carbocycles. The molecule has 1 fully saturated rings. The van der Waals surface area contributed by atoms with E-state index in [4.69, 9.17) is 0 Å². The van der Waals surface area contributed by atoms with Crippen molar-refractivity contribution in [3.05, 3.63) is 47.5 Å². The first-order valence-corrected chi connectivity index (χ1v) is 10.2. The van der Waals surface area contributed by atoms with Crippen LogP contribution in [0.4, 0.5) is 0 Å². The molecule has 0 bridgehead atoms. The SMILES string of the molecule is Cc1cc2ccnn2cc1C1CCN(S(=O)(=O)c2cnn(C)c2C)CC1. The summed E-state index contributed by atoms with van der Waals surface area (Å²) in [4.78, 5) is 0.313. The van der Waals surface area contributed by atoms with Crippen molar-refractivity contribution < 1.29 is 8.42 Å². The van der Waals surface area contributed by atoms with Gasteiger partial charge in [0.05, 0.1) is 17.4 Å². The molecule has 0 saturated carbocycles. The van der Waals surface area contributed by atoms with Gasteiger partial charge in [-0.15, -0.1) is 0 Å². The molecule has 138 valence electrons. The van der Waals surface area contributed by atoms with E-state index in [2.05, 4.69) is 29.4 Å². The minimum atomic E-state index is -3.48. The number of hydrogen-bond donors (Lipinski definition) is 0. The Labute approximate surface area is 153 Å². The highest BCUT2D eigenvalue weighted by Gasteiger charge is 2.32. The van der Waals surface area contributed by atoms with Crippen molar-refractivity contribution in [1.29, 1.82) is 0 Å². The molecule has 4 heterocycles. The van der Waals surface area contributed by atoms with Crippen LogP contribution >= 0.6 is 0 Å². The van der Waals surface area contributed by atoms with Gasteiger partial charge in [0.2, 0.25) is 10.0 Å². The van der Waals surface area contributed by atoms with Crippen molar-refractivity contribution in [2.24, 2.45) is 7.05 Å². The zero-order valence-corrected chi connectivity index (χ0v) is 16.1. The van der Waals surface area contributed by atoms with Gasteiger partial charge in [0.25, 0.3) is 0 Å². The monoisotopic (exact) mass is 373 g/mol. The predicted octanol–water partition coefficient (Wildman–Crippen LogP) is 2.25. The number of fused-ring (bicyclic) bond motifs is 1. The Morgan fingerprint density at radius 1 is 1.15 bits per heavy atom. The van der Waals surface area contributed by atoms with Crippen LogP contribution < -0.4 is 0 Å². The summed E-state index contributed by atoms with van der Waals surface area (Å²) in [5.41, 5.74) is 4.25. The third-order valence-corrected chi connectivity index (χ3v) is 7.49. The quantitative estimate of drug-likeness (QED) is 0.706. The van der Waals surface area contributed by atoms with Crippen LogP contribution in [0.2, 0.25) is 0 Å². The predicted molar refractivity (Wildman–Crippen MR) is 98.6 cm³/mol. The molecule has 4 rings (SSSR count). The summed E-state index contributed by atoms with van der Waals surface area (Å²) in [6.07, 6.45) is 6.96. The molecule has 3 aromatic heterocycles. The molecule has 8 heteroatoms. The van der Waals surface area contributed by atoms with E-state index in [-0.39, 0.29) is 0 Å². The van der Waals surface area contributed by atoms with E-state index < -0.39 is 10.0 Å². The van der Waals surface area contributed by atoms with E-state index in [0.717, 1.165) is 18.4 Å². The number of nitrogens with zero attached hydrogens (tertiary/aromatic N) is 5. The summed E-state index contributed by atoms with van der Waals surface area (Å²) in [5.74, 6) is 0.352. The fraction of sp³-hybridized carbons (Fsp3) is 0.444. The molecule has 1 aliphatic heterocycles. The number of aryl methyl sites for hydroxylation is 2. The molecule has 0 radical (unpaired) electrons. The molecular formula is C18H23N5O2S. The average Bonchev–Trinajstić information content (AvgIpc) is 3.21. The molecule has 3 aromatic rings. The molecule has 0 unspecified atom stereocenters. The van der Waals surface area contributed by atoms with Crippen molar-refractivity contribution in [1.82, 2.24) is 23.7 Å². The van der Waals surface area contributed by atoms with Gasteiger partial charge in [-0.25, -0.2) is 12.9 Å². The minimum Gasteiger partial charge on any atom is -0.272 e. The van der Waals surface area contributed by atoms with E-state index >= 15 is 0 Å². The second-order valence-electron chi connectivity index (χ2n) is 7.01. The van der Waals surface area contributed by atoms with Crippen molar-refractivity contribution in [2.45, 2.75) is 37.5 Å². The molecule has 26 heavy (non-hydrogen) atoms. The number of pyridine rings is 1. The second-order valence-corrected chi connectivity index (χ2v) is 8.91. The fourth-order valence-electron chi connectivity index (χ4n) is 3.79. The normalized spacial score (nSPS) is 17.2. The van der Waals surface area contributed by atoms with Gasteiger partial charge in [0, 0.05) is 32.5 Å². The van der Waals surface area contributed by atoms with E-state index in [1.54, 1.807) is 29.2 Å². The highest BCUT2D eigenvalue weighted by atomic mass is 32.2. The first-order valence-electron chi connectivity index (χ1n) is 8.80. The van der Waals surface area contributed by atoms with Crippen molar-refractivity contribution >= 4 is 15.5 Å². The zero-order chi connectivity index (χ0) is 18.5. The van der Waals surface area contributed by atoms with Crippen LogP contribution in [0.5, 0.6) is 0 Å². The summed E-state index contributed by atoms with van der Waals surface area (Å²) < 4.78 is 30.9. The number of rotatable bonds is 3. The van der Waals surface area contributed by atoms with Crippen LogP contribution in [0.25, 0.3) is 5.52 Å². The maximum Gasteiger partial charge on any atom is 0.246 e. The zero-order valence-electron chi connectivity index (χ0n) is 15.3. The van der Waals surface area contributed by atoms with Gasteiger partial charge in [0.15, 0.2) is 0 Å². The molecular weight excluding hydrogens is 350 g/mol. The van der Waals surface area contributed by atoms with Crippen molar-refractivity contribution in [3.8, 4) is 0 Å². The number of sulfonamides is 1. The van der Waals surface area contributed by atoms with E-state index in [0.29, 0.717) is 29.6 Å². The van der Waals surface area contributed by atoms with Gasteiger partial charge in [-0.3, -0.25) is 4.68 Å². The van der Waals surface area contributed by atoms with Gasteiger partial charge < -0.3 is 0 Å². The van der Waals surface area contributed by atoms with Crippen molar-refractivity contribution in [2.75, 3.05) is 13.1 Å². The molecule has 0 atom stereocenters. The molecule has 7 nitrogen and oxygen atoms in total. The van der Waals surface area contributed by atoms with Crippen LogP contribution in [0.3, 0.4) is 0 Å². The maximum atomic E-state index is 12.9. The van der Waals surface area contributed by atoms with E-state index in [9.17, 15) is 8.42 Å². The Kier molecular flexibility index (Phi) is 4.11. The summed E-state index contributed by atoms with van der Waals surface area (Å²) in [6, 6.07) is 4.13. The third kappa shape index (κ3) is 2.73. The first-order chi connectivity index (χ1) is 12.4. The molecule has 1 aliphatic rings. The van der Waals surface area contributed by atoms with Crippen LogP contribution in [0.15, 0.2) is 35.6 Å². The Hall–Kier alpha value is -2.19. The van der Waals surface area contributed by atoms with E-state index in [1.807, 2.05) is 10.6 Å². The Bertz CT molecular complexity index is 1060. The Balaban J connectivity index is 1.55. The highest BCUT2D eigenvalue weighted by molar-refractivity contribution is 7.89. The maximum absolute atomic E-state index is 12.9. The summed E-state index contributed by atoms with van der Waals surface area (Å²) in [5, 5.41) is 8.40. The smallest absolute Gasteiger partial charge is 0.246 e. The Morgan fingerprint density at radius 2 is 1.88 bits per heavy atom. The van der Waals surface area contributed by atoms with E-state index in [1.165, 1.54) is 17.3 Å². The summed E-state index contributed by atoms with van der Waals surface area (Å²) in [7, 11) is -1.72. The molecule has 1 saturated heterocycles. The Morgan fingerprint density at radius 3 is 2.54 bits per heavy atom. The average molecular weight is 373 g/mol. The minimum absolute atomic E-state index is 0.313.